The number of hydrogen-bond donors (Lipinski definition) is 2. The normalized spacial score (nSPS) is 11.8. The van der Waals surface area contributed by atoms with Crippen molar-refractivity contribution in [2.45, 2.75) is 97.4 Å². The van der Waals surface area contributed by atoms with Gasteiger partial charge < -0.3 is 10.8 Å². The Balaban J connectivity index is 0. The van der Waals surface area contributed by atoms with Gasteiger partial charge in [-0.15, -0.1) is 0 Å². The van der Waals surface area contributed by atoms with Gasteiger partial charge in [0.2, 0.25) is 0 Å². The number of carbonyl (C=O) groups excluding carboxylic acids is 1. The zero-order valence-electron chi connectivity index (χ0n) is 15.8. The van der Waals surface area contributed by atoms with Crippen molar-refractivity contribution in [1.29, 1.82) is 0 Å². The van der Waals surface area contributed by atoms with E-state index < -0.39 is 12.0 Å². The van der Waals surface area contributed by atoms with E-state index in [0.717, 1.165) is 40.8 Å². The third-order valence-electron chi connectivity index (χ3n) is 3.67. The van der Waals surface area contributed by atoms with Gasteiger partial charge in [-0.2, -0.15) is 0 Å². The molecule has 0 rings (SSSR count). The molecule has 0 aliphatic carbocycles. The molecule has 0 bridgehead atoms. The van der Waals surface area contributed by atoms with Gasteiger partial charge in [-0.05, 0) is 12.3 Å². The minimum absolute atomic E-state index is 0.357. The van der Waals surface area contributed by atoms with Crippen LogP contribution in [0.15, 0.2) is 0 Å². The first-order valence-electron chi connectivity index (χ1n) is 9.29. The second-order valence-electron chi connectivity index (χ2n) is 6.85. The van der Waals surface area contributed by atoms with Gasteiger partial charge >= 0.3 is 113 Å². The third kappa shape index (κ3) is 24.5. The average molecular weight is 337 g/mol. The molecule has 0 amide bonds. The number of carboxylic acid groups (broad SMARTS) is 1. The van der Waals surface area contributed by atoms with E-state index in [1.165, 1.54) is 51.4 Å². The summed E-state index contributed by atoms with van der Waals surface area (Å²) >= 11 is 0.751. The summed E-state index contributed by atoms with van der Waals surface area (Å²) in [5.41, 5.74) is 5.22. The first kappa shape index (κ1) is 25.3. The Labute approximate surface area is 160 Å². The summed E-state index contributed by atoms with van der Waals surface area (Å²) < 4.78 is 0.480. The Morgan fingerprint density at radius 2 is 1.39 bits per heavy atom. The minimum atomic E-state index is -0.913. The van der Waals surface area contributed by atoms with Gasteiger partial charge in [0.25, 0.3) is 0 Å². The molecule has 0 aromatic heterocycles. The Bertz CT molecular complexity index is 296. The molecule has 132 valence electrons. The van der Waals surface area contributed by atoms with Gasteiger partial charge in [0.05, 0.1) is 0 Å². The number of carbonyl (C=O) groups is 2. The molecule has 0 aliphatic rings. The van der Waals surface area contributed by atoms with Crippen LogP contribution in [0, 0.1) is 5.92 Å². The second kappa shape index (κ2) is 18.4. The molecule has 5 heteroatoms. The predicted octanol–water partition coefficient (Wildman–Crippen LogP) is 4.05. The van der Waals surface area contributed by atoms with E-state index in [1.54, 1.807) is 0 Å². The first-order chi connectivity index (χ1) is 10.8. The summed E-state index contributed by atoms with van der Waals surface area (Å²) in [6.07, 6.45) is 13.5. The van der Waals surface area contributed by atoms with Crippen LogP contribution in [-0.2, 0) is 9.59 Å². The molecular formula is C18H36NNaO3. The number of nitrogens with two attached hydrogens (primary N) is 1. The number of aliphatic carboxylic acids is 1. The molecule has 1 atom stereocenters. The zero-order chi connectivity index (χ0) is 18.1. The van der Waals surface area contributed by atoms with Crippen LogP contribution < -0.4 is 5.73 Å². The van der Waals surface area contributed by atoms with Crippen LogP contribution in [0.5, 0.6) is 0 Å². The molecule has 4 nitrogen and oxygen atoms in total. The van der Waals surface area contributed by atoms with Crippen molar-refractivity contribution < 1.29 is 14.7 Å². The zero-order valence-corrected chi connectivity index (χ0v) is 17.8. The monoisotopic (exact) mass is 337 g/mol. The molecule has 0 aromatic rings. The van der Waals surface area contributed by atoms with E-state index in [-0.39, 0.29) is 0 Å². The maximum absolute atomic E-state index is 10.7. The van der Waals surface area contributed by atoms with Crippen LogP contribution in [-0.4, -0.2) is 48.1 Å². The van der Waals surface area contributed by atoms with Gasteiger partial charge in [0, 0.05) is 0 Å². The molecule has 0 aliphatic heterocycles. The molecule has 0 fully saturated rings. The molecule has 0 saturated heterocycles. The molecule has 3 N–H and O–H groups in total. The van der Waals surface area contributed by atoms with Crippen molar-refractivity contribution in [2.24, 2.45) is 11.7 Å². The quantitative estimate of drug-likeness (QED) is 0.392. The third-order valence-corrected chi connectivity index (χ3v) is 4.17. The Morgan fingerprint density at radius 3 is 1.70 bits per heavy atom. The van der Waals surface area contributed by atoms with Gasteiger partial charge in [-0.3, -0.25) is 4.79 Å². The van der Waals surface area contributed by atoms with Crippen molar-refractivity contribution >= 4 is 36.9 Å². The molecule has 0 spiro atoms. The van der Waals surface area contributed by atoms with E-state index in [1.807, 2.05) is 13.8 Å². The van der Waals surface area contributed by atoms with Gasteiger partial charge in [-0.25, -0.2) is 0 Å². The molecule has 1 unspecified atom stereocenters. The van der Waals surface area contributed by atoms with Crippen LogP contribution in [0.25, 0.3) is 0 Å². The van der Waals surface area contributed by atoms with Crippen LogP contribution in [0.3, 0.4) is 0 Å². The Hall–Kier alpha value is 0.1000. The fourth-order valence-corrected chi connectivity index (χ4v) is 2.65. The maximum atomic E-state index is 10.7. The molecule has 0 saturated carbocycles. The summed E-state index contributed by atoms with van der Waals surface area (Å²) in [6.45, 7) is 6.15. The van der Waals surface area contributed by atoms with Crippen molar-refractivity contribution in [2.75, 3.05) is 0 Å². The van der Waals surface area contributed by atoms with Gasteiger partial charge in [-0.1, -0.05) is 13.8 Å². The summed E-state index contributed by atoms with van der Waals surface area (Å²) in [6, 6.07) is -0.690. The van der Waals surface area contributed by atoms with E-state index in [0.29, 0.717) is 15.4 Å². The fraction of sp³-hybridized carbons (Fsp3) is 0.889. The average Bonchev–Trinajstić information content (AvgIpc) is 2.45. The van der Waals surface area contributed by atoms with Gasteiger partial charge in [0.1, 0.15) is 6.04 Å². The second-order valence-corrected chi connectivity index (χ2v) is 7.97. The topological polar surface area (TPSA) is 80.4 Å². The van der Waals surface area contributed by atoms with Crippen LogP contribution in [0.1, 0.15) is 91.4 Å². The van der Waals surface area contributed by atoms with Crippen molar-refractivity contribution in [1.82, 2.24) is 0 Å². The van der Waals surface area contributed by atoms with Crippen molar-refractivity contribution in [3.05, 3.63) is 0 Å². The summed E-state index contributed by atoms with van der Waals surface area (Å²) in [5.74, 6) is -0.556. The van der Waals surface area contributed by atoms with Crippen LogP contribution in [0.2, 0.25) is 0 Å². The predicted molar refractivity (Wildman–Crippen MR) is 97.7 cm³/mol. The van der Waals surface area contributed by atoms with E-state index >= 15 is 0 Å². The van der Waals surface area contributed by atoms with E-state index in [2.05, 4.69) is 6.92 Å². The molecule has 23 heavy (non-hydrogen) atoms. The Kier molecular flexibility index (Phi) is 20.3. The van der Waals surface area contributed by atoms with Gasteiger partial charge in [0.15, 0.2) is 0 Å². The van der Waals surface area contributed by atoms with Crippen molar-refractivity contribution in [3.63, 3.8) is 0 Å². The molecule has 0 aromatic carbocycles. The number of carboxylic acids is 1. The van der Waals surface area contributed by atoms with E-state index in [9.17, 15) is 9.59 Å². The van der Waals surface area contributed by atoms with Crippen LogP contribution in [0.4, 0.5) is 0 Å². The SMILES string of the molecule is CC(C)CC(N)C(=O)O.CCCCCCCCCCC[C](=O)[Na]. The van der Waals surface area contributed by atoms with E-state index in [4.69, 9.17) is 10.8 Å². The molecule has 0 heterocycles. The summed E-state index contributed by atoms with van der Waals surface area (Å²) in [7, 11) is 0. The standard InChI is InChI=1S/C12H23O.C6H13NO2.Na/c1-2-3-4-5-6-7-8-9-10-11-12-13;1-4(2)3-5(7)6(8)9;/h2-11H2,1H3;4-5H,3,7H2,1-2H3,(H,8,9);. The summed E-state index contributed by atoms with van der Waals surface area (Å²) in [5, 5.41) is 8.31. The molecule has 0 radical (unpaired) electrons. The fourth-order valence-electron chi connectivity index (χ4n) is 2.29. The molecular weight excluding hydrogens is 301 g/mol. The summed E-state index contributed by atoms with van der Waals surface area (Å²) in [4.78, 5) is 20.8. The number of unbranched alkanes of at least 4 members (excludes halogenated alkanes) is 8. The Morgan fingerprint density at radius 1 is 0.957 bits per heavy atom. The number of rotatable bonds is 13. The van der Waals surface area contributed by atoms with Crippen LogP contribution >= 0.6 is 0 Å². The first-order valence-corrected chi connectivity index (χ1v) is 10.3. The van der Waals surface area contributed by atoms with Crippen molar-refractivity contribution in [3.8, 4) is 0 Å². The number of hydrogen-bond acceptors (Lipinski definition) is 3.